The van der Waals surface area contributed by atoms with Gasteiger partial charge in [0.1, 0.15) is 5.82 Å². The zero-order valence-electron chi connectivity index (χ0n) is 10.8. The predicted molar refractivity (Wildman–Crippen MR) is 81.6 cm³/mol. The lowest BCUT2D eigenvalue weighted by Gasteiger charge is -2.02. The molecule has 98 valence electrons. The first-order valence-electron chi connectivity index (χ1n) is 6.35. The van der Waals surface area contributed by atoms with Gasteiger partial charge >= 0.3 is 0 Å². The van der Waals surface area contributed by atoms with E-state index in [1.807, 2.05) is 30.3 Å². The fourth-order valence-electron chi connectivity index (χ4n) is 1.99. The van der Waals surface area contributed by atoms with Gasteiger partial charge in [-0.25, -0.2) is 4.39 Å². The quantitative estimate of drug-likeness (QED) is 0.549. The summed E-state index contributed by atoms with van der Waals surface area (Å²) < 4.78 is 12.8. The lowest BCUT2D eigenvalue weighted by molar-refractivity contribution is 0.628. The molecule has 2 nitrogen and oxygen atoms in total. The van der Waals surface area contributed by atoms with Gasteiger partial charge in [0.2, 0.25) is 0 Å². The number of hydrogen-bond donors (Lipinski definition) is 1. The summed E-state index contributed by atoms with van der Waals surface area (Å²) in [5.41, 5.74) is 4.74. The van der Waals surface area contributed by atoms with Gasteiger partial charge in [-0.15, -0.1) is 0 Å². The van der Waals surface area contributed by atoms with Crippen LogP contribution in [-0.2, 0) is 0 Å². The summed E-state index contributed by atoms with van der Waals surface area (Å²) in [5.74, 6) is -0.246. The highest BCUT2D eigenvalue weighted by molar-refractivity contribution is 5.86. The second kappa shape index (κ2) is 5.53. The van der Waals surface area contributed by atoms with Gasteiger partial charge in [-0.2, -0.15) is 5.10 Å². The fraction of sp³-hybridized carbons (Fsp3) is 0. The topological polar surface area (TPSA) is 24.4 Å². The van der Waals surface area contributed by atoms with Crippen LogP contribution in [-0.4, -0.2) is 6.21 Å². The van der Waals surface area contributed by atoms with Gasteiger partial charge in [0, 0.05) is 0 Å². The van der Waals surface area contributed by atoms with Crippen LogP contribution in [0.5, 0.6) is 0 Å². The molecule has 0 unspecified atom stereocenters. The van der Waals surface area contributed by atoms with Crippen LogP contribution in [0.3, 0.4) is 0 Å². The van der Waals surface area contributed by atoms with Crippen LogP contribution in [0.1, 0.15) is 5.56 Å². The van der Waals surface area contributed by atoms with Crippen molar-refractivity contribution in [3.8, 4) is 0 Å². The van der Waals surface area contributed by atoms with E-state index in [0.717, 1.165) is 16.6 Å². The molecule has 3 aromatic carbocycles. The molecule has 3 rings (SSSR count). The summed E-state index contributed by atoms with van der Waals surface area (Å²) in [6.45, 7) is 0. The van der Waals surface area contributed by atoms with Crippen LogP contribution in [0.2, 0.25) is 0 Å². The standard InChI is InChI=1S/C17H13FN2/c18-16-8-5-13(6-9-16)12-19-20-17-10-7-14-3-1-2-4-15(14)11-17/h1-12,20H. The summed E-state index contributed by atoms with van der Waals surface area (Å²) in [7, 11) is 0. The Morgan fingerprint density at radius 1 is 0.850 bits per heavy atom. The van der Waals surface area contributed by atoms with E-state index in [1.165, 1.54) is 17.5 Å². The predicted octanol–water partition coefficient (Wildman–Crippen LogP) is 4.42. The summed E-state index contributed by atoms with van der Waals surface area (Å²) >= 11 is 0. The number of fused-ring (bicyclic) bond motifs is 1. The Bertz CT molecular complexity index is 748. The first-order valence-corrected chi connectivity index (χ1v) is 6.35. The van der Waals surface area contributed by atoms with Gasteiger partial charge in [0.25, 0.3) is 0 Å². The molecule has 0 aliphatic rings. The third-order valence-electron chi connectivity index (χ3n) is 3.03. The Hall–Kier alpha value is -2.68. The zero-order valence-corrected chi connectivity index (χ0v) is 10.8. The monoisotopic (exact) mass is 264 g/mol. The van der Waals surface area contributed by atoms with E-state index >= 15 is 0 Å². The third kappa shape index (κ3) is 2.83. The van der Waals surface area contributed by atoms with Gasteiger partial charge in [-0.05, 0) is 40.6 Å². The second-order valence-electron chi connectivity index (χ2n) is 4.48. The molecule has 0 aromatic heterocycles. The largest absolute Gasteiger partial charge is 0.278 e. The van der Waals surface area contributed by atoms with E-state index in [4.69, 9.17) is 0 Å². The van der Waals surface area contributed by atoms with E-state index < -0.39 is 0 Å². The minimum absolute atomic E-state index is 0.246. The van der Waals surface area contributed by atoms with Crippen molar-refractivity contribution in [1.82, 2.24) is 0 Å². The van der Waals surface area contributed by atoms with Crippen molar-refractivity contribution in [2.24, 2.45) is 5.10 Å². The van der Waals surface area contributed by atoms with Gasteiger partial charge in [-0.3, -0.25) is 5.43 Å². The minimum Gasteiger partial charge on any atom is -0.278 e. The van der Waals surface area contributed by atoms with Crippen LogP contribution in [0.4, 0.5) is 10.1 Å². The summed E-state index contributed by atoms with van der Waals surface area (Å²) in [6.07, 6.45) is 1.66. The zero-order chi connectivity index (χ0) is 13.8. The fourth-order valence-corrected chi connectivity index (χ4v) is 1.99. The molecule has 3 heteroatoms. The molecular formula is C17H13FN2. The molecule has 0 atom stereocenters. The highest BCUT2D eigenvalue weighted by atomic mass is 19.1. The normalized spacial score (nSPS) is 11.1. The Morgan fingerprint density at radius 3 is 2.40 bits per heavy atom. The molecule has 3 aromatic rings. The number of rotatable bonds is 3. The smallest absolute Gasteiger partial charge is 0.123 e. The van der Waals surface area contributed by atoms with E-state index in [-0.39, 0.29) is 5.82 Å². The van der Waals surface area contributed by atoms with Gasteiger partial charge in [-0.1, -0.05) is 42.5 Å². The Kier molecular flexibility index (Phi) is 3.42. The van der Waals surface area contributed by atoms with E-state index in [1.54, 1.807) is 18.3 Å². The average molecular weight is 264 g/mol. The summed E-state index contributed by atoms with van der Waals surface area (Å²) in [6, 6.07) is 20.4. The number of anilines is 1. The molecular weight excluding hydrogens is 251 g/mol. The van der Waals surface area contributed by atoms with Crippen molar-refractivity contribution in [2.45, 2.75) is 0 Å². The highest BCUT2D eigenvalue weighted by Crippen LogP contribution is 2.18. The second-order valence-corrected chi connectivity index (χ2v) is 4.48. The molecule has 0 saturated heterocycles. The molecule has 0 spiro atoms. The van der Waals surface area contributed by atoms with Gasteiger partial charge in [0.15, 0.2) is 0 Å². The molecule has 0 fully saturated rings. The van der Waals surface area contributed by atoms with Crippen LogP contribution in [0.25, 0.3) is 10.8 Å². The molecule has 0 saturated carbocycles. The number of benzene rings is 3. The van der Waals surface area contributed by atoms with Crippen LogP contribution < -0.4 is 5.43 Å². The summed E-state index contributed by atoms with van der Waals surface area (Å²) in [4.78, 5) is 0. The number of nitrogens with zero attached hydrogens (tertiary/aromatic N) is 1. The van der Waals surface area contributed by atoms with E-state index in [2.05, 4.69) is 22.7 Å². The Morgan fingerprint density at radius 2 is 1.60 bits per heavy atom. The van der Waals surface area contributed by atoms with Gasteiger partial charge in [0.05, 0.1) is 11.9 Å². The molecule has 0 aliphatic heterocycles. The number of hydrogen-bond acceptors (Lipinski definition) is 2. The Balaban J connectivity index is 1.74. The molecule has 0 bridgehead atoms. The van der Waals surface area contributed by atoms with Gasteiger partial charge < -0.3 is 0 Å². The maximum atomic E-state index is 12.8. The molecule has 0 heterocycles. The minimum atomic E-state index is -0.246. The van der Waals surface area contributed by atoms with Crippen LogP contribution in [0, 0.1) is 5.82 Å². The molecule has 0 amide bonds. The number of halogens is 1. The average Bonchev–Trinajstić information content (AvgIpc) is 2.49. The van der Waals surface area contributed by atoms with Crippen LogP contribution >= 0.6 is 0 Å². The SMILES string of the molecule is Fc1ccc(C=NNc2ccc3ccccc3c2)cc1. The molecule has 20 heavy (non-hydrogen) atoms. The molecule has 1 N–H and O–H groups in total. The van der Waals surface area contributed by atoms with E-state index in [9.17, 15) is 4.39 Å². The lowest BCUT2D eigenvalue weighted by Crippen LogP contribution is -1.90. The van der Waals surface area contributed by atoms with Crippen molar-refractivity contribution in [2.75, 3.05) is 5.43 Å². The number of hydrazone groups is 1. The van der Waals surface area contributed by atoms with Crippen molar-refractivity contribution < 1.29 is 4.39 Å². The first-order chi connectivity index (χ1) is 9.81. The van der Waals surface area contributed by atoms with E-state index in [0.29, 0.717) is 0 Å². The maximum absolute atomic E-state index is 12.8. The Labute approximate surface area is 116 Å². The van der Waals surface area contributed by atoms with Crippen molar-refractivity contribution >= 4 is 22.7 Å². The highest BCUT2D eigenvalue weighted by Gasteiger charge is 1.94. The summed E-state index contributed by atoms with van der Waals surface area (Å²) in [5, 5.41) is 6.51. The maximum Gasteiger partial charge on any atom is 0.123 e. The molecule has 0 radical (unpaired) electrons. The first kappa shape index (κ1) is 12.4. The molecule has 0 aliphatic carbocycles. The van der Waals surface area contributed by atoms with Crippen molar-refractivity contribution in [3.05, 3.63) is 78.1 Å². The number of nitrogens with one attached hydrogen (secondary N) is 1. The van der Waals surface area contributed by atoms with Crippen molar-refractivity contribution in [1.29, 1.82) is 0 Å². The lowest BCUT2D eigenvalue weighted by atomic mass is 10.1. The van der Waals surface area contributed by atoms with Crippen molar-refractivity contribution in [3.63, 3.8) is 0 Å². The van der Waals surface area contributed by atoms with Crippen LogP contribution in [0.15, 0.2) is 71.8 Å². The third-order valence-corrected chi connectivity index (χ3v) is 3.03.